The summed E-state index contributed by atoms with van der Waals surface area (Å²) in [5.41, 5.74) is -0.693. The molecule has 0 bridgehead atoms. The number of halogens is 5. The lowest BCUT2D eigenvalue weighted by molar-refractivity contribution is -0.137. The third kappa shape index (κ3) is 5.84. The number of anilines is 1. The molecule has 1 aromatic heterocycles. The maximum atomic E-state index is 15.4. The van der Waals surface area contributed by atoms with Gasteiger partial charge < -0.3 is 9.84 Å². The zero-order valence-corrected chi connectivity index (χ0v) is 23.0. The van der Waals surface area contributed by atoms with Crippen molar-refractivity contribution in [1.82, 2.24) is 10.1 Å². The molecule has 0 radical (unpaired) electrons. The van der Waals surface area contributed by atoms with Crippen LogP contribution in [0.5, 0.6) is 0 Å². The molecule has 1 N–H and O–H groups in total. The fourth-order valence-corrected chi connectivity index (χ4v) is 5.79. The molecule has 7 nitrogen and oxygen atoms in total. The van der Waals surface area contributed by atoms with Crippen LogP contribution in [-0.2, 0) is 32.6 Å². The number of aromatic nitrogens is 2. The molecular weight excluding hydrogens is 586 g/mol. The number of carbonyl (C=O) groups excluding carboxylic acids is 1. The monoisotopic (exact) mass is 607 g/mol. The quantitative estimate of drug-likeness (QED) is 0.226. The molecule has 1 aliphatic carbocycles. The number of alkyl halides is 3. The SMILES string of the molecule is CCS(=O)(=O)c1ccc(CC(=O)Nc2cc(F)c(C3(c4noc(-c5ccc(C(F)(F)F)cc5)n4)CC3)c(Cl)c2)cc1. The van der Waals surface area contributed by atoms with Crippen molar-refractivity contribution in [2.75, 3.05) is 11.1 Å². The van der Waals surface area contributed by atoms with E-state index in [1.165, 1.54) is 30.3 Å². The van der Waals surface area contributed by atoms with Gasteiger partial charge in [-0.3, -0.25) is 4.79 Å². The Morgan fingerprint density at radius 2 is 1.73 bits per heavy atom. The molecule has 13 heteroatoms. The van der Waals surface area contributed by atoms with Crippen LogP contribution in [0.3, 0.4) is 0 Å². The van der Waals surface area contributed by atoms with Crippen LogP contribution < -0.4 is 5.32 Å². The van der Waals surface area contributed by atoms with E-state index in [1.807, 2.05) is 0 Å². The Labute approximate surface area is 237 Å². The summed E-state index contributed by atoms with van der Waals surface area (Å²) >= 11 is 6.47. The van der Waals surface area contributed by atoms with E-state index >= 15 is 4.39 Å². The molecule has 0 unspecified atom stereocenters. The van der Waals surface area contributed by atoms with Crippen molar-refractivity contribution in [2.45, 2.75) is 42.7 Å². The molecule has 214 valence electrons. The zero-order chi connectivity index (χ0) is 29.6. The minimum absolute atomic E-state index is 0.0132. The molecule has 3 aromatic carbocycles. The molecule has 0 saturated heterocycles. The molecule has 1 heterocycles. The van der Waals surface area contributed by atoms with Crippen LogP contribution in [-0.4, -0.2) is 30.2 Å². The summed E-state index contributed by atoms with van der Waals surface area (Å²) in [5, 5.41) is 6.59. The topological polar surface area (TPSA) is 102 Å². The van der Waals surface area contributed by atoms with Crippen molar-refractivity contribution >= 4 is 33.0 Å². The summed E-state index contributed by atoms with van der Waals surface area (Å²) in [7, 11) is -3.36. The predicted octanol–water partition coefficient (Wildman–Crippen LogP) is 6.60. The first-order chi connectivity index (χ1) is 19.3. The fourth-order valence-electron chi connectivity index (χ4n) is 4.52. The van der Waals surface area contributed by atoms with Gasteiger partial charge in [-0.15, -0.1) is 0 Å². The van der Waals surface area contributed by atoms with Gasteiger partial charge in [0.2, 0.25) is 5.91 Å². The Hall–Kier alpha value is -3.77. The highest BCUT2D eigenvalue weighted by atomic mass is 35.5. The number of nitrogens with zero attached hydrogens (tertiary/aromatic N) is 2. The Bertz CT molecular complexity index is 1690. The van der Waals surface area contributed by atoms with Gasteiger partial charge in [-0.25, -0.2) is 12.8 Å². The van der Waals surface area contributed by atoms with Crippen LogP contribution in [0.1, 0.15) is 42.3 Å². The number of nitrogens with one attached hydrogen (secondary N) is 1. The van der Waals surface area contributed by atoms with Gasteiger partial charge in [0.1, 0.15) is 5.82 Å². The minimum Gasteiger partial charge on any atom is -0.334 e. The summed E-state index contributed by atoms with van der Waals surface area (Å²) in [5.74, 6) is -1.05. The lowest BCUT2D eigenvalue weighted by Gasteiger charge is -2.16. The molecule has 0 aliphatic heterocycles. The Balaban J connectivity index is 1.31. The van der Waals surface area contributed by atoms with Gasteiger partial charge in [0, 0.05) is 21.8 Å². The van der Waals surface area contributed by atoms with Crippen molar-refractivity contribution < 1.29 is 35.3 Å². The number of benzene rings is 3. The molecule has 5 rings (SSSR count). The second kappa shape index (κ2) is 10.6. The van der Waals surface area contributed by atoms with E-state index in [4.69, 9.17) is 16.1 Å². The van der Waals surface area contributed by atoms with Crippen molar-refractivity contribution in [3.05, 3.63) is 94.0 Å². The van der Waals surface area contributed by atoms with Crippen molar-refractivity contribution in [1.29, 1.82) is 0 Å². The van der Waals surface area contributed by atoms with E-state index in [-0.39, 0.29) is 50.6 Å². The summed E-state index contributed by atoms with van der Waals surface area (Å²) in [6, 6.07) is 12.7. The number of rotatable bonds is 8. The summed E-state index contributed by atoms with van der Waals surface area (Å²) in [6.07, 6.45) is -3.63. The highest BCUT2D eigenvalue weighted by Crippen LogP contribution is 2.55. The first-order valence-corrected chi connectivity index (χ1v) is 14.5. The molecule has 1 fully saturated rings. The Kier molecular flexibility index (Phi) is 7.41. The van der Waals surface area contributed by atoms with Gasteiger partial charge in [-0.05, 0) is 66.9 Å². The molecule has 41 heavy (non-hydrogen) atoms. The third-order valence-corrected chi connectivity index (χ3v) is 8.94. The maximum Gasteiger partial charge on any atom is 0.416 e. The van der Waals surface area contributed by atoms with Gasteiger partial charge in [0.15, 0.2) is 15.7 Å². The highest BCUT2D eigenvalue weighted by Gasteiger charge is 2.53. The number of carbonyl (C=O) groups is 1. The third-order valence-electron chi connectivity index (χ3n) is 6.89. The molecule has 1 saturated carbocycles. The van der Waals surface area contributed by atoms with E-state index in [1.54, 1.807) is 19.1 Å². The Morgan fingerprint density at radius 1 is 1.07 bits per heavy atom. The number of hydrogen-bond acceptors (Lipinski definition) is 6. The standard InChI is InChI=1S/C28H22ClF4N3O4S/c1-2-41(38,39)20-9-3-16(4-10-20)13-23(37)34-19-14-21(29)24(22(30)15-19)27(11-12-27)26-35-25(40-36-26)17-5-7-18(8-6-17)28(31,32)33/h3-10,14-15H,2,11-13H2,1H3,(H,34,37). The van der Waals surface area contributed by atoms with E-state index in [0.29, 0.717) is 18.4 Å². The van der Waals surface area contributed by atoms with Gasteiger partial charge in [0.25, 0.3) is 5.89 Å². The number of amides is 1. The van der Waals surface area contributed by atoms with E-state index in [2.05, 4.69) is 15.5 Å². The lowest BCUT2D eigenvalue weighted by atomic mass is 9.94. The Morgan fingerprint density at radius 3 is 2.29 bits per heavy atom. The molecule has 1 amide bonds. The van der Waals surface area contributed by atoms with Crippen molar-refractivity contribution in [3.8, 4) is 11.5 Å². The van der Waals surface area contributed by atoms with E-state index in [9.17, 15) is 26.4 Å². The maximum absolute atomic E-state index is 15.4. The highest BCUT2D eigenvalue weighted by molar-refractivity contribution is 7.91. The largest absolute Gasteiger partial charge is 0.416 e. The molecular formula is C28H22ClF4N3O4S. The second-order valence-corrected chi connectivity index (χ2v) is 12.4. The average molecular weight is 608 g/mol. The molecule has 0 atom stereocenters. The van der Waals surface area contributed by atoms with Crippen LogP contribution in [0.2, 0.25) is 5.02 Å². The number of sulfone groups is 1. The normalized spacial score (nSPS) is 14.6. The van der Waals surface area contributed by atoms with Gasteiger partial charge >= 0.3 is 6.18 Å². The zero-order valence-electron chi connectivity index (χ0n) is 21.4. The average Bonchev–Trinajstić information content (AvgIpc) is 3.54. The smallest absolute Gasteiger partial charge is 0.334 e. The first kappa shape index (κ1) is 28.7. The van der Waals surface area contributed by atoms with Crippen molar-refractivity contribution in [2.24, 2.45) is 0 Å². The van der Waals surface area contributed by atoms with Crippen LogP contribution in [0, 0.1) is 5.82 Å². The van der Waals surface area contributed by atoms with Crippen molar-refractivity contribution in [3.63, 3.8) is 0 Å². The number of hydrogen-bond donors (Lipinski definition) is 1. The minimum atomic E-state index is -4.48. The van der Waals surface area contributed by atoms with Crippen LogP contribution in [0.25, 0.3) is 11.5 Å². The van der Waals surface area contributed by atoms with Crippen LogP contribution in [0.4, 0.5) is 23.2 Å². The molecule has 1 aliphatic rings. The first-order valence-electron chi connectivity index (χ1n) is 12.5. The summed E-state index contributed by atoms with van der Waals surface area (Å²) in [6.45, 7) is 1.54. The lowest BCUT2D eigenvalue weighted by Crippen LogP contribution is -2.17. The predicted molar refractivity (Wildman–Crippen MR) is 143 cm³/mol. The van der Waals surface area contributed by atoms with Crippen LogP contribution >= 0.6 is 11.6 Å². The summed E-state index contributed by atoms with van der Waals surface area (Å²) in [4.78, 5) is 17.1. The van der Waals surface area contributed by atoms with Crippen LogP contribution in [0.15, 0.2) is 70.1 Å². The molecule has 4 aromatic rings. The van der Waals surface area contributed by atoms with E-state index in [0.717, 1.165) is 18.2 Å². The molecule has 0 spiro atoms. The van der Waals surface area contributed by atoms with E-state index < -0.39 is 38.7 Å². The van der Waals surface area contributed by atoms with Gasteiger partial charge in [0.05, 0.1) is 28.0 Å². The second-order valence-electron chi connectivity index (χ2n) is 9.67. The fraction of sp³-hybridized carbons (Fsp3) is 0.250. The van der Waals surface area contributed by atoms with Gasteiger partial charge in [-0.1, -0.05) is 35.8 Å². The summed E-state index contributed by atoms with van der Waals surface area (Å²) < 4.78 is 83.2. The van der Waals surface area contributed by atoms with Gasteiger partial charge in [-0.2, -0.15) is 18.2 Å².